The average molecular weight is 299 g/mol. The third-order valence-corrected chi connectivity index (χ3v) is 3.81. The van der Waals surface area contributed by atoms with Crippen molar-refractivity contribution in [3.63, 3.8) is 0 Å². The van der Waals surface area contributed by atoms with Crippen LogP contribution in [-0.4, -0.2) is 19.0 Å². The van der Waals surface area contributed by atoms with E-state index in [1.165, 1.54) is 0 Å². The molecule has 0 radical (unpaired) electrons. The maximum Gasteiger partial charge on any atom is 0.166 e. The van der Waals surface area contributed by atoms with Gasteiger partial charge >= 0.3 is 0 Å². The van der Waals surface area contributed by atoms with E-state index in [2.05, 4.69) is 15.9 Å². The number of ether oxygens (including phenoxy) is 2. The first-order valence-corrected chi connectivity index (χ1v) is 6.36. The van der Waals surface area contributed by atoms with Crippen LogP contribution >= 0.6 is 15.9 Å². The van der Waals surface area contributed by atoms with Crippen LogP contribution in [0.2, 0.25) is 0 Å². The Morgan fingerprint density at radius 1 is 1.65 bits per heavy atom. The second-order valence-electron chi connectivity index (χ2n) is 4.37. The Hall–Kier alpha value is -1.03. The van der Waals surface area contributed by atoms with Crippen molar-refractivity contribution < 1.29 is 14.3 Å². The van der Waals surface area contributed by atoms with E-state index in [1.807, 2.05) is 13.0 Å². The number of fused-ring (bicyclic) bond motifs is 1. The molecule has 0 N–H and O–H groups in total. The summed E-state index contributed by atoms with van der Waals surface area (Å²) in [4.78, 5) is 11.2. The third-order valence-electron chi connectivity index (χ3n) is 2.82. The van der Waals surface area contributed by atoms with Crippen molar-refractivity contribution in [2.45, 2.75) is 32.8 Å². The molecule has 3 nitrogen and oxygen atoms in total. The summed E-state index contributed by atoms with van der Waals surface area (Å²) >= 11 is 3.56. The second kappa shape index (κ2) is 4.69. The molecule has 1 aromatic carbocycles. The first-order chi connectivity index (χ1) is 8.02. The van der Waals surface area contributed by atoms with Crippen molar-refractivity contribution in [1.29, 1.82) is 0 Å². The SMILES string of the molecule is COc1cc(CC(C)=O)c(Br)c2c1OC(C)C2. The highest BCUT2D eigenvalue weighted by atomic mass is 79.9. The summed E-state index contributed by atoms with van der Waals surface area (Å²) in [5.41, 5.74) is 2.07. The molecule has 1 atom stereocenters. The van der Waals surface area contributed by atoms with Gasteiger partial charge < -0.3 is 9.47 Å². The summed E-state index contributed by atoms with van der Waals surface area (Å²) in [7, 11) is 1.62. The van der Waals surface area contributed by atoms with Gasteiger partial charge in [-0.05, 0) is 25.5 Å². The van der Waals surface area contributed by atoms with Gasteiger partial charge in [-0.1, -0.05) is 15.9 Å². The lowest BCUT2D eigenvalue weighted by Gasteiger charge is -2.12. The number of benzene rings is 1. The van der Waals surface area contributed by atoms with Gasteiger partial charge in [0.15, 0.2) is 11.5 Å². The summed E-state index contributed by atoms with van der Waals surface area (Å²) < 4.78 is 12.0. The lowest BCUT2D eigenvalue weighted by atomic mass is 10.0. The molecule has 1 heterocycles. The van der Waals surface area contributed by atoms with Crippen LogP contribution in [0.1, 0.15) is 25.0 Å². The van der Waals surface area contributed by atoms with Crippen LogP contribution in [0, 0.1) is 0 Å². The van der Waals surface area contributed by atoms with Gasteiger partial charge in [-0.25, -0.2) is 0 Å². The van der Waals surface area contributed by atoms with E-state index in [4.69, 9.17) is 9.47 Å². The Balaban J connectivity index is 2.51. The molecule has 1 unspecified atom stereocenters. The minimum Gasteiger partial charge on any atom is -0.493 e. The Kier molecular flexibility index (Phi) is 3.43. The monoisotopic (exact) mass is 298 g/mol. The van der Waals surface area contributed by atoms with Gasteiger partial charge in [-0.3, -0.25) is 4.79 Å². The fraction of sp³-hybridized carbons (Fsp3) is 0.462. The van der Waals surface area contributed by atoms with E-state index in [-0.39, 0.29) is 11.9 Å². The molecule has 1 aliphatic rings. The zero-order chi connectivity index (χ0) is 12.6. The largest absolute Gasteiger partial charge is 0.493 e. The molecule has 17 heavy (non-hydrogen) atoms. The molecule has 0 aromatic heterocycles. The van der Waals surface area contributed by atoms with Gasteiger partial charge in [-0.2, -0.15) is 0 Å². The normalized spacial score (nSPS) is 17.5. The maximum atomic E-state index is 11.2. The van der Waals surface area contributed by atoms with Crippen LogP contribution < -0.4 is 9.47 Å². The number of hydrogen-bond acceptors (Lipinski definition) is 3. The van der Waals surface area contributed by atoms with Crippen LogP contribution in [0.15, 0.2) is 10.5 Å². The first-order valence-electron chi connectivity index (χ1n) is 5.57. The standard InChI is InChI=1S/C13H15BrO3/c1-7(15)4-9-6-11(16-3)13-10(12(9)14)5-8(2)17-13/h6,8H,4-5H2,1-3H3. The lowest BCUT2D eigenvalue weighted by Crippen LogP contribution is -2.05. The van der Waals surface area contributed by atoms with Crippen LogP contribution in [0.3, 0.4) is 0 Å². The minimum atomic E-state index is 0.139. The number of carbonyl (C=O) groups excluding carboxylic acids is 1. The van der Waals surface area contributed by atoms with Crippen LogP contribution in [0.5, 0.6) is 11.5 Å². The quantitative estimate of drug-likeness (QED) is 0.861. The van der Waals surface area contributed by atoms with Gasteiger partial charge in [0.05, 0.1) is 7.11 Å². The summed E-state index contributed by atoms with van der Waals surface area (Å²) in [6.45, 7) is 3.61. The fourth-order valence-electron chi connectivity index (χ4n) is 2.12. The topological polar surface area (TPSA) is 35.5 Å². The van der Waals surface area contributed by atoms with E-state index in [1.54, 1.807) is 14.0 Å². The van der Waals surface area contributed by atoms with E-state index in [0.29, 0.717) is 12.2 Å². The summed E-state index contributed by atoms with van der Waals surface area (Å²) in [5, 5.41) is 0. The molecular formula is C13H15BrO3. The molecule has 0 bridgehead atoms. The van der Waals surface area contributed by atoms with Crippen molar-refractivity contribution >= 4 is 21.7 Å². The Morgan fingerprint density at radius 3 is 2.94 bits per heavy atom. The zero-order valence-electron chi connectivity index (χ0n) is 10.2. The van der Waals surface area contributed by atoms with Crippen LogP contribution in [-0.2, 0) is 17.6 Å². The van der Waals surface area contributed by atoms with Crippen LogP contribution in [0.25, 0.3) is 0 Å². The van der Waals surface area contributed by atoms with E-state index in [0.717, 1.165) is 27.8 Å². The Bertz CT molecular complexity index is 468. The molecular weight excluding hydrogens is 284 g/mol. The van der Waals surface area contributed by atoms with Crippen molar-refractivity contribution in [2.75, 3.05) is 7.11 Å². The third kappa shape index (κ3) is 2.32. The van der Waals surface area contributed by atoms with Gasteiger partial charge in [0, 0.05) is 22.9 Å². The molecule has 1 aliphatic heterocycles. The number of hydrogen-bond donors (Lipinski definition) is 0. The summed E-state index contributed by atoms with van der Waals surface area (Å²) in [6.07, 6.45) is 1.42. The molecule has 0 fully saturated rings. The van der Waals surface area contributed by atoms with Crippen molar-refractivity contribution in [3.8, 4) is 11.5 Å². The number of carbonyl (C=O) groups is 1. The van der Waals surface area contributed by atoms with E-state index < -0.39 is 0 Å². The fourth-order valence-corrected chi connectivity index (χ4v) is 2.72. The highest BCUT2D eigenvalue weighted by Crippen LogP contribution is 2.44. The number of Topliss-reactive ketones (excluding diaryl/α,β-unsaturated/α-hetero) is 1. The zero-order valence-corrected chi connectivity index (χ0v) is 11.8. The summed E-state index contributed by atoms with van der Waals surface area (Å²) in [6, 6.07) is 1.88. The van der Waals surface area contributed by atoms with Crippen molar-refractivity contribution in [2.24, 2.45) is 0 Å². The highest BCUT2D eigenvalue weighted by molar-refractivity contribution is 9.10. The van der Waals surface area contributed by atoms with Crippen molar-refractivity contribution in [1.82, 2.24) is 0 Å². The van der Waals surface area contributed by atoms with Crippen LogP contribution in [0.4, 0.5) is 0 Å². The molecule has 0 saturated heterocycles. The lowest BCUT2D eigenvalue weighted by molar-refractivity contribution is -0.116. The Morgan fingerprint density at radius 2 is 2.35 bits per heavy atom. The number of halogens is 1. The smallest absolute Gasteiger partial charge is 0.166 e. The molecule has 0 aliphatic carbocycles. The Labute approximate surface area is 109 Å². The molecule has 2 rings (SSSR count). The molecule has 92 valence electrons. The maximum absolute atomic E-state index is 11.2. The second-order valence-corrected chi connectivity index (χ2v) is 5.16. The highest BCUT2D eigenvalue weighted by Gasteiger charge is 2.27. The molecule has 4 heteroatoms. The molecule has 1 aromatic rings. The van der Waals surface area contributed by atoms with E-state index >= 15 is 0 Å². The predicted molar refractivity (Wildman–Crippen MR) is 68.9 cm³/mol. The van der Waals surface area contributed by atoms with Gasteiger partial charge in [0.25, 0.3) is 0 Å². The number of rotatable bonds is 3. The first kappa shape index (κ1) is 12.4. The van der Waals surface area contributed by atoms with Gasteiger partial charge in [0.2, 0.25) is 0 Å². The summed E-state index contributed by atoms with van der Waals surface area (Å²) in [5.74, 6) is 1.66. The minimum absolute atomic E-state index is 0.139. The molecule has 0 amide bonds. The average Bonchev–Trinajstić information content (AvgIpc) is 2.64. The molecule has 0 saturated carbocycles. The van der Waals surface area contributed by atoms with Crippen molar-refractivity contribution in [3.05, 3.63) is 21.7 Å². The molecule has 0 spiro atoms. The van der Waals surface area contributed by atoms with Gasteiger partial charge in [-0.15, -0.1) is 0 Å². The predicted octanol–water partition coefficient (Wildman–Crippen LogP) is 2.91. The number of methoxy groups -OCH3 is 1. The van der Waals surface area contributed by atoms with E-state index in [9.17, 15) is 4.79 Å². The number of ketones is 1. The van der Waals surface area contributed by atoms with Gasteiger partial charge in [0.1, 0.15) is 11.9 Å².